The van der Waals surface area contributed by atoms with Gasteiger partial charge in [0, 0.05) is 3.57 Å². The molecule has 0 aliphatic carbocycles. The standard InChI is InChI=1S/C9H10INO3/c10-7-2-1-5(9(13)14)3-6(7)8(11)4-12/h1-3,8,12H,4,11H2,(H,13,14). The van der Waals surface area contributed by atoms with Crippen LogP contribution in [0.4, 0.5) is 0 Å². The molecular weight excluding hydrogens is 297 g/mol. The Morgan fingerprint density at radius 1 is 1.57 bits per heavy atom. The van der Waals surface area contributed by atoms with Crippen LogP contribution in [0, 0.1) is 3.57 Å². The number of rotatable bonds is 3. The van der Waals surface area contributed by atoms with E-state index in [-0.39, 0.29) is 12.2 Å². The van der Waals surface area contributed by atoms with Gasteiger partial charge >= 0.3 is 5.97 Å². The molecule has 0 saturated heterocycles. The number of hydrogen-bond donors (Lipinski definition) is 3. The highest BCUT2D eigenvalue weighted by Crippen LogP contribution is 2.19. The monoisotopic (exact) mass is 307 g/mol. The van der Waals surface area contributed by atoms with Gasteiger partial charge in [-0.05, 0) is 46.4 Å². The highest BCUT2D eigenvalue weighted by Gasteiger charge is 2.11. The Morgan fingerprint density at radius 3 is 2.71 bits per heavy atom. The lowest BCUT2D eigenvalue weighted by molar-refractivity contribution is 0.0696. The summed E-state index contributed by atoms with van der Waals surface area (Å²) < 4.78 is 0.856. The molecule has 0 fully saturated rings. The van der Waals surface area contributed by atoms with E-state index < -0.39 is 12.0 Å². The quantitative estimate of drug-likeness (QED) is 0.727. The fraction of sp³-hybridized carbons (Fsp3) is 0.222. The van der Waals surface area contributed by atoms with Gasteiger partial charge in [-0.15, -0.1) is 0 Å². The summed E-state index contributed by atoms with van der Waals surface area (Å²) in [6.45, 7) is -0.195. The Hall–Kier alpha value is -0.660. The van der Waals surface area contributed by atoms with Crippen molar-refractivity contribution in [2.45, 2.75) is 6.04 Å². The van der Waals surface area contributed by atoms with Crippen LogP contribution in [0.3, 0.4) is 0 Å². The maximum Gasteiger partial charge on any atom is 0.335 e. The number of aliphatic hydroxyl groups excluding tert-OH is 1. The lowest BCUT2D eigenvalue weighted by Crippen LogP contribution is -2.16. The SMILES string of the molecule is NC(CO)c1cc(C(=O)O)ccc1I. The van der Waals surface area contributed by atoms with Gasteiger partial charge in [0.05, 0.1) is 18.2 Å². The number of aromatic carboxylic acids is 1. The summed E-state index contributed by atoms with van der Waals surface area (Å²) in [5.41, 5.74) is 6.46. The summed E-state index contributed by atoms with van der Waals surface area (Å²) in [7, 11) is 0. The van der Waals surface area contributed by atoms with Crippen molar-refractivity contribution < 1.29 is 15.0 Å². The van der Waals surface area contributed by atoms with Crippen LogP contribution in [-0.4, -0.2) is 22.8 Å². The van der Waals surface area contributed by atoms with E-state index in [9.17, 15) is 4.79 Å². The van der Waals surface area contributed by atoms with Crippen molar-refractivity contribution in [1.82, 2.24) is 0 Å². The molecule has 0 spiro atoms. The third-order valence-electron chi connectivity index (χ3n) is 1.84. The van der Waals surface area contributed by atoms with Crippen LogP contribution in [0.5, 0.6) is 0 Å². The molecule has 1 unspecified atom stereocenters. The van der Waals surface area contributed by atoms with Crippen molar-refractivity contribution in [3.8, 4) is 0 Å². The average Bonchev–Trinajstić information content (AvgIpc) is 2.17. The molecule has 76 valence electrons. The van der Waals surface area contributed by atoms with E-state index in [1.165, 1.54) is 12.1 Å². The van der Waals surface area contributed by atoms with Gasteiger partial charge in [0.25, 0.3) is 0 Å². The maximum atomic E-state index is 10.7. The van der Waals surface area contributed by atoms with E-state index in [1.807, 2.05) is 0 Å². The van der Waals surface area contributed by atoms with Gasteiger partial charge in [-0.2, -0.15) is 0 Å². The summed E-state index contributed by atoms with van der Waals surface area (Å²) in [6.07, 6.45) is 0. The molecule has 0 aromatic heterocycles. The summed E-state index contributed by atoms with van der Waals surface area (Å²) in [5, 5.41) is 17.6. The summed E-state index contributed by atoms with van der Waals surface area (Å²) >= 11 is 2.05. The normalized spacial score (nSPS) is 12.5. The highest BCUT2D eigenvalue weighted by molar-refractivity contribution is 14.1. The van der Waals surface area contributed by atoms with Gasteiger partial charge in [-0.1, -0.05) is 0 Å². The van der Waals surface area contributed by atoms with Crippen molar-refractivity contribution in [1.29, 1.82) is 0 Å². The number of nitrogens with two attached hydrogens (primary N) is 1. The fourth-order valence-corrected chi connectivity index (χ4v) is 1.79. The average molecular weight is 307 g/mol. The molecule has 1 rings (SSSR count). The Morgan fingerprint density at radius 2 is 2.21 bits per heavy atom. The predicted molar refractivity (Wildman–Crippen MR) is 60.1 cm³/mol. The van der Waals surface area contributed by atoms with E-state index in [0.29, 0.717) is 5.56 Å². The molecule has 5 heteroatoms. The molecule has 0 aliphatic heterocycles. The summed E-state index contributed by atoms with van der Waals surface area (Å²) in [6, 6.07) is 4.15. The van der Waals surface area contributed by atoms with Crippen molar-refractivity contribution >= 4 is 28.6 Å². The minimum atomic E-state index is -0.993. The smallest absolute Gasteiger partial charge is 0.335 e. The second kappa shape index (κ2) is 4.72. The second-order valence-corrected chi connectivity index (χ2v) is 3.99. The van der Waals surface area contributed by atoms with Crippen LogP contribution in [0.25, 0.3) is 0 Å². The Kier molecular flexibility index (Phi) is 3.85. The van der Waals surface area contributed by atoms with Crippen LogP contribution in [0.2, 0.25) is 0 Å². The van der Waals surface area contributed by atoms with Crippen LogP contribution < -0.4 is 5.73 Å². The molecule has 1 aromatic rings. The van der Waals surface area contributed by atoms with Crippen molar-refractivity contribution in [3.05, 3.63) is 32.9 Å². The van der Waals surface area contributed by atoms with Crippen molar-refractivity contribution in [3.63, 3.8) is 0 Å². The molecule has 14 heavy (non-hydrogen) atoms. The van der Waals surface area contributed by atoms with Crippen molar-refractivity contribution in [2.24, 2.45) is 5.73 Å². The first-order chi connectivity index (χ1) is 6.56. The largest absolute Gasteiger partial charge is 0.478 e. The van der Waals surface area contributed by atoms with Gasteiger partial charge in [-0.25, -0.2) is 4.79 Å². The lowest BCUT2D eigenvalue weighted by Gasteiger charge is -2.11. The fourth-order valence-electron chi connectivity index (χ4n) is 1.06. The number of carboxylic acid groups (broad SMARTS) is 1. The number of hydrogen-bond acceptors (Lipinski definition) is 3. The molecule has 1 aromatic carbocycles. The first kappa shape index (κ1) is 11.4. The Bertz CT molecular complexity index is 354. The molecular formula is C9H10INO3. The molecule has 0 saturated carbocycles. The van der Waals surface area contributed by atoms with Crippen LogP contribution in [0.15, 0.2) is 18.2 Å². The van der Waals surface area contributed by atoms with Gasteiger partial charge in [-0.3, -0.25) is 0 Å². The number of halogens is 1. The zero-order chi connectivity index (χ0) is 10.7. The lowest BCUT2D eigenvalue weighted by atomic mass is 10.1. The minimum absolute atomic E-state index is 0.185. The zero-order valence-corrected chi connectivity index (χ0v) is 9.43. The maximum absolute atomic E-state index is 10.7. The topological polar surface area (TPSA) is 83.5 Å². The van der Waals surface area contributed by atoms with Crippen molar-refractivity contribution in [2.75, 3.05) is 6.61 Å². The highest BCUT2D eigenvalue weighted by atomic mass is 127. The summed E-state index contributed by atoms with van der Waals surface area (Å²) in [5.74, 6) is -0.993. The van der Waals surface area contributed by atoms with E-state index in [2.05, 4.69) is 22.6 Å². The predicted octanol–water partition coefficient (Wildman–Crippen LogP) is 0.981. The van der Waals surface area contributed by atoms with Crippen LogP contribution in [-0.2, 0) is 0 Å². The Balaban J connectivity index is 3.14. The third kappa shape index (κ3) is 2.43. The zero-order valence-electron chi connectivity index (χ0n) is 7.27. The molecule has 1 atom stereocenters. The number of carboxylic acids is 1. The molecule has 4 N–H and O–H groups in total. The van der Waals surface area contributed by atoms with E-state index >= 15 is 0 Å². The molecule has 0 aliphatic rings. The number of carbonyl (C=O) groups is 1. The third-order valence-corrected chi connectivity index (χ3v) is 2.82. The van der Waals surface area contributed by atoms with Gasteiger partial charge in [0.15, 0.2) is 0 Å². The summed E-state index contributed by atoms with van der Waals surface area (Å²) in [4.78, 5) is 10.7. The van der Waals surface area contributed by atoms with E-state index in [0.717, 1.165) is 3.57 Å². The number of aliphatic hydroxyl groups is 1. The van der Waals surface area contributed by atoms with E-state index in [4.69, 9.17) is 15.9 Å². The van der Waals surface area contributed by atoms with Crippen LogP contribution in [0.1, 0.15) is 22.0 Å². The first-order valence-corrected chi connectivity index (χ1v) is 5.03. The number of benzene rings is 1. The van der Waals surface area contributed by atoms with Gasteiger partial charge in [0.1, 0.15) is 0 Å². The van der Waals surface area contributed by atoms with E-state index in [1.54, 1.807) is 6.07 Å². The van der Waals surface area contributed by atoms with Crippen LogP contribution >= 0.6 is 22.6 Å². The second-order valence-electron chi connectivity index (χ2n) is 2.83. The molecule has 0 heterocycles. The van der Waals surface area contributed by atoms with Gasteiger partial charge in [0.2, 0.25) is 0 Å². The minimum Gasteiger partial charge on any atom is -0.478 e. The Labute approximate surface area is 94.9 Å². The molecule has 0 bridgehead atoms. The molecule has 0 amide bonds. The molecule has 4 nitrogen and oxygen atoms in total. The molecule has 0 radical (unpaired) electrons. The first-order valence-electron chi connectivity index (χ1n) is 3.95. The van der Waals surface area contributed by atoms with Gasteiger partial charge < -0.3 is 15.9 Å².